The van der Waals surface area contributed by atoms with E-state index >= 15 is 0 Å². The van der Waals surface area contributed by atoms with E-state index in [-0.39, 0.29) is 4.75 Å². The molecule has 1 aromatic rings. The van der Waals surface area contributed by atoms with Crippen molar-refractivity contribution in [3.8, 4) is 0 Å². The predicted octanol–water partition coefficient (Wildman–Crippen LogP) is 1.43. The molecule has 0 atom stereocenters. The van der Waals surface area contributed by atoms with E-state index in [0.29, 0.717) is 6.54 Å². The fourth-order valence-corrected chi connectivity index (χ4v) is 3.73. The topological polar surface area (TPSA) is 67.6 Å². The van der Waals surface area contributed by atoms with Crippen molar-refractivity contribution in [2.45, 2.75) is 38.5 Å². The molecule has 0 spiro atoms. The lowest BCUT2D eigenvalue weighted by atomic mass is 10.2. The molecule has 1 aliphatic rings. The van der Waals surface area contributed by atoms with Crippen LogP contribution in [0.15, 0.2) is 4.99 Å². The van der Waals surface area contributed by atoms with Gasteiger partial charge in [0.25, 0.3) is 0 Å². The first-order valence-corrected chi connectivity index (χ1v) is 9.42. The number of methoxy groups -OCH3 is 1. The summed E-state index contributed by atoms with van der Waals surface area (Å²) in [5.74, 6) is 3.87. The molecule has 1 aliphatic heterocycles. The Morgan fingerprint density at radius 3 is 2.83 bits per heavy atom. The van der Waals surface area contributed by atoms with Crippen LogP contribution in [0.4, 0.5) is 0 Å². The zero-order valence-electron chi connectivity index (χ0n) is 15.5. The van der Waals surface area contributed by atoms with Crippen LogP contribution in [-0.4, -0.2) is 69.5 Å². The Hall–Kier alpha value is -1.28. The minimum Gasteiger partial charge on any atom is -0.385 e. The van der Waals surface area contributed by atoms with Gasteiger partial charge in [-0.25, -0.2) is 4.99 Å². The van der Waals surface area contributed by atoms with Crippen LogP contribution in [-0.2, 0) is 18.3 Å². The number of aromatic nitrogens is 3. The van der Waals surface area contributed by atoms with Gasteiger partial charge in [0.05, 0.1) is 0 Å². The standard InChI is InChI=1S/C16H30N6OS/c1-13-19-20-14(21(13)4)11-18-15(17-7-6-9-23-5)22-8-10-24-16(2,3)12-22/h6-12H2,1-5H3,(H,17,18). The first-order valence-electron chi connectivity index (χ1n) is 8.44. The summed E-state index contributed by atoms with van der Waals surface area (Å²) in [6.45, 7) is 10.7. The lowest BCUT2D eigenvalue weighted by Gasteiger charge is -2.39. The van der Waals surface area contributed by atoms with Gasteiger partial charge in [-0.1, -0.05) is 0 Å². The molecule has 1 aromatic heterocycles. The van der Waals surface area contributed by atoms with Crippen LogP contribution in [0.5, 0.6) is 0 Å². The largest absolute Gasteiger partial charge is 0.385 e. The summed E-state index contributed by atoms with van der Waals surface area (Å²) in [6, 6.07) is 0. The molecule has 2 rings (SSSR count). The molecule has 1 N–H and O–H groups in total. The molecule has 24 heavy (non-hydrogen) atoms. The molecule has 7 nitrogen and oxygen atoms in total. The van der Waals surface area contributed by atoms with Crippen LogP contribution < -0.4 is 5.32 Å². The number of nitrogens with zero attached hydrogens (tertiary/aromatic N) is 5. The Morgan fingerprint density at radius 1 is 1.42 bits per heavy atom. The van der Waals surface area contributed by atoms with E-state index in [2.05, 4.69) is 34.3 Å². The summed E-state index contributed by atoms with van der Waals surface area (Å²) >= 11 is 2.02. The number of aliphatic imine (C=N–C) groups is 1. The molecule has 0 aliphatic carbocycles. The highest BCUT2D eigenvalue weighted by Crippen LogP contribution is 2.29. The van der Waals surface area contributed by atoms with Crippen molar-refractivity contribution in [1.82, 2.24) is 25.0 Å². The first-order chi connectivity index (χ1) is 11.4. The predicted molar refractivity (Wildman–Crippen MR) is 99.5 cm³/mol. The van der Waals surface area contributed by atoms with Gasteiger partial charge in [-0.05, 0) is 27.2 Å². The molecule has 0 aromatic carbocycles. The van der Waals surface area contributed by atoms with Crippen molar-refractivity contribution in [2.24, 2.45) is 12.0 Å². The average Bonchev–Trinajstić information content (AvgIpc) is 2.85. The lowest BCUT2D eigenvalue weighted by Crippen LogP contribution is -2.51. The number of rotatable bonds is 6. The third-order valence-corrected chi connectivity index (χ3v) is 5.38. The average molecular weight is 355 g/mol. The lowest BCUT2D eigenvalue weighted by molar-refractivity contribution is 0.195. The van der Waals surface area contributed by atoms with E-state index in [1.807, 2.05) is 30.3 Å². The normalized spacial score (nSPS) is 18.0. The molecule has 8 heteroatoms. The second-order valence-electron chi connectivity index (χ2n) is 6.67. The Morgan fingerprint density at radius 2 is 2.21 bits per heavy atom. The number of thioether (sulfide) groups is 1. The van der Waals surface area contributed by atoms with Crippen LogP contribution in [0, 0.1) is 6.92 Å². The molecule has 0 radical (unpaired) electrons. The summed E-state index contributed by atoms with van der Waals surface area (Å²) in [5.41, 5.74) is 0. The van der Waals surface area contributed by atoms with E-state index in [1.54, 1.807) is 7.11 Å². The molecule has 2 heterocycles. The number of hydrogen-bond donors (Lipinski definition) is 1. The van der Waals surface area contributed by atoms with Gasteiger partial charge in [0.15, 0.2) is 11.8 Å². The van der Waals surface area contributed by atoms with Crippen molar-refractivity contribution in [1.29, 1.82) is 0 Å². The molecular formula is C16H30N6OS. The monoisotopic (exact) mass is 354 g/mol. The van der Waals surface area contributed by atoms with Crippen LogP contribution in [0.3, 0.4) is 0 Å². The molecule has 1 fully saturated rings. The van der Waals surface area contributed by atoms with Crippen molar-refractivity contribution in [3.05, 3.63) is 11.6 Å². The van der Waals surface area contributed by atoms with Gasteiger partial charge >= 0.3 is 0 Å². The van der Waals surface area contributed by atoms with Gasteiger partial charge in [-0.2, -0.15) is 11.8 Å². The summed E-state index contributed by atoms with van der Waals surface area (Å²) in [4.78, 5) is 7.17. The highest BCUT2D eigenvalue weighted by Gasteiger charge is 2.28. The fraction of sp³-hybridized carbons (Fsp3) is 0.812. The third kappa shape index (κ3) is 5.37. The maximum Gasteiger partial charge on any atom is 0.194 e. The Bertz CT molecular complexity index is 557. The maximum atomic E-state index is 5.13. The SMILES string of the molecule is COCCCNC(=NCc1nnc(C)n1C)N1CCSC(C)(C)C1. The Kier molecular flexibility index (Phi) is 6.91. The minimum absolute atomic E-state index is 0.245. The summed E-state index contributed by atoms with van der Waals surface area (Å²) < 4.78 is 7.36. The zero-order valence-corrected chi connectivity index (χ0v) is 16.3. The molecular weight excluding hydrogens is 324 g/mol. The van der Waals surface area contributed by atoms with Gasteiger partial charge in [0.2, 0.25) is 0 Å². The second kappa shape index (κ2) is 8.71. The number of aryl methyl sites for hydroxylation is 1. The van der Waals surface area contributed by atoms with Gasteiger partial charge in [0.1, 0.15) is 12.4 Å². The number of guanidine groups is 1. The maximum absolute atomic E-state index is 5.13. The van der Waals surface area contributed by atoms with E-state index in [0.717, 1.165) is 56.0 Å². The zero-order chi connectivity index (χ0) is 17.6. The van der Waals surface area contributed by atoms with Gasteiger partial charge in [0, 0.05) is 50.9 Å². The van der Waals surface area contributed by atoms with Crippen molar-refractivity contribution in [3.63, 3.8) is 0 Å². The quantitative estimate of drug-likeness (QED) is 0.474. The van der Waals surface area contributed by atoms with Gasteiger partial charge in [-0.3, -0.25) is 0 Å². The molecule has 0 bridgehead atoms. The van der Waals surface area contributed by atoms with Crippen molar-refractivity contribution >= 4 is 17.7 Å². The van der Waals surface area contributed by atoms with Crippen molar-refractivity contribution in [2.75, 3.05) is 39.1 Å². The highest BCUT2D eigenvalue weighted by atomic mass is 32.2. The molecule has 0 saturated carbocycles. The van der Waals surface area contributed by atoms with E-state index in [4.69, 9.17) is 9.73 Å². The summed E-state index contributed by atoms with van der Waals surface area (Å²) in [7, 11) is 3.71. The van der Waals surface area contributed by atoms with Gasteiger partial charge < -0.3 is 19.5 Å². The minimum atomic E-state index is 0.245. The van der Waals surface area contributed by atoms with Crippen LogP contribution in [0.1, 0.15) is 31.9 Å². The first kappa shape index (κ1) is 19.1. The number of nitrogens with one attached hydrogen (secondary N) is 1. The van der Waals surface area contributed by atoms with Crippen LogP contribution in [0.25, 0.3) is 0 Å². The molecule has 1 saturated heterocycles. The van der Waals surface area contributed by atoms with Crippen LogP contribution >= 0.6 is 11.8 Å². The molecule has 136 valence electrons. The Balaban J connectivity index is 2.06. The number of hydrogen-bond acceptors (Lipinski definition) is 5. The fourth-order valence-electron chi connectivity index (χ4n) is 2.62. The Labute approximate surface area is 149 Å². The smallest absolute Gasteiger partial charge is 0.194 e. The third-order valence-electron chi connectivity index (χ3n) is 4.09. The van der Waals surface area contributed by atoms with E-state index in [1.165, 1.54) is 0 Å². The second-order valence-corrected chi connectivity index (χ2v) is 8.47. The van der Waals surface area contributed by atoms with E-state index < -0.39 is 0 Å². The van der Waals surface area contributed by atoms with Gasteiger partial charge in [-0.15, -0.1) is 10.2 Å². The molecule has 0 amide bonds. The van der Waals surface area contributed by atoms with E-state index in [9.17, 15) is 0 Å². The summed E-state index contributed by atoms with van der Waals surface area (Å²) in [6.07, 6.45) is 0.963. The van der Waals surface area contributed by atoms with Crippen LogP contribution in [0.2, 0.25) is 0 Å². The highest BCUT2D eigenvalue weighted by molar-refractivity contribution is 8.00. The number of ether oxygens (including phenoxy) is 1. The molecule has 0 unspecified atom stereocenters. The summed E-state index contributed by atoms with van der Waals surface area (Å²) in [5, 5.41) is 11.8. The van der Waals surface area contributed by atoms with Crippen molar-refractivity contribution < 1.29 is 4.74 Å².